The highest BCUT2D eigenvalue weighted by Gasteiger charge is 2.30. The molecule has 2 aromatic rings. The number of aromatic nitrogens is 2. The van der Waals surface area contributed by atoms with Crippen molar-refractivity contribution in [2.24, 2.45) is 0 Å². The van der Waals surface area contributed by atoms with Crippen molar-refractivity contribution >= 4 is 17.2 Å². The van der Waals surface area contributed by atoms with Gasteiger partial charge >= 0.3 is 0 Å². The van der Waals surface area contributed by atoms with Gasteiger partial charge in [-0.1, -0.05) is 0 Å². The molecule has 5 nitrogen and oxygen atoms in total. The van der Waals surface area contributed by atoms with Crippen LogP contribution in [0.5, 0.6) is 0 Å². The van der Waals surface area contributed by atoms with Crippen LogP contribution in [0.15, 0.2) is 23.7 Å². The van der Waals surface area contributed by atoms with Gasteiger partial charge in [0.15, 0.2) is 0 Å². The van der Waals surface area contributed by atoms with Gasteiger partial charge in [-0.3, -0.25) is 9.89 Å². The molecule has 23 heavy (non-hydrogen) atoms. The molecule has 0 spiro atoms. The number of likely N-dealkylation sites (tertiary alicyclic amines) is 1. The fourth-order valence-corrected chi connectivity index (χ4v) is 4.62. The Hall–Kier alpha value is -1.66. The Kier molecular flexibility index (Phi) is 4.18. The predicted molar refractivity (Wildman–Crippen MR) is 88.5 cm³/mol. The van der Waals surface area contributed by atoms with Crippen LogP contribution in [0.25, 0.3) is 0 Å². The van der Waals surface area contributed by atoms with E-state index in [0.717, 1.165) is 44.7 Å². The number of hydrogen-bond donors (Lipinski definition) is 1. The van der Waals surface area contributed by atoms with Gasteiger partial charge in [-0.25, -0.2) is 0 Å². The molecule has 1 saturated heterocycles. The SMILES string of the molecule is O=C(C[C@@H]1OCCc2ccsc21)N1CCC[C@@H](c2ccn[nH]2)C1. The highest BCUT2D eigenvalue weighted by atomic mass is 32.1. The topological polar surface area (TPSA) is 58.2 Å². The van der Waals surface area contributed by atoms with Crippen molar-refractivity contribution in [1.82, 2.24) is 15.1 Å². The van der Waals surface area contributed by atoms with Crippen LogP contribution in [0.4, 0.5) is 0 Å². The maximum Gasteiger partial charge on any atom is 0.225 e. The Morgan fingerprint density at radius 1 is 1.48 bits per heavy atom. The van der Waals surface area contributed by atoms with Gasteiger partial charge in [0.2, 0.25) is 5.91 Å². The maximum absolute atomic E-state index is 12.7. The van der Waals surface area contributed by atoms with Crippen molar-refractivity contribution in [2.45, 2.75) is 37.7 Å². The molecular formula is C17H21N3O2S. The number of ether oxygens (including phenoxy) is 1. The minimum Gasteiger partial charge on any atom is -0.372 e. The van der Waals surface area contributed by atoms with Crippen molar-refractivity contribution in [1.29, 1.82) is 0 Å². The molecule has 1 amide bonds. The molecule has 0 bridgehead atoms. The lowest BCUT2D eigenvalue weighted by Gasteiger charge is -2.33. The number of hydrogen-bond acceptors (Lipinski definition) is 4. The molecule has 2 aliphatic heterocycles. The summed E-state index contributed by atoms with van der Waals surface area (Å²) in [6.07, 6.45) is 5.31. The van der Waals surface area contributed by atoms with Crippen LogP contribution in [0.1, 0.15) is 47.4 Å². The molecule has 0 unspecified atom stereocenters. The molecule has 122 valence electrons. The summed E-state index contributed by atoms with van der Waals surface area (Å²) in [6, 6.07) is 4.18. The van der Waals surface area contributed by atoms with E-state index in [1.165, 1.54) is 10.4 Å². The minimum absolute atomic E-state index is 0.0567. The van der Waals surface area contributed by atoms with E-state index in [2.05, 4.69) is 21.6 Å². The van der Waals surface area contributed by atoms with Crippen molar-refractivity contribution in [3.63, 3.8) is 0 Å². The van der Waals surface area contributed by atoms with Gasteiger partial charge in [-0.2, -0.15) is 5.10 Å². The number of rotatable bonds is 3. The predicted octanol–water partition coefficient (Wildman–Crippen LogP) is 2.88. The Morgan fingerprint density at radius 3 is 3.30 bits per heavy atom. The van der Waals surface area contributed by atoms with E-state index in [0.29, 0.717) is 12.3 Å². The van der Waals surface area contributed by atoms with Gasteiger partial charge in [0.05, 0.1) is 13.0 Å². The Bertz CT molecular complexity index is 667. The Morgan fingerprint density at radius 2 is 2.43 bits per heavy atom. The second kappa shape index (κ2) is 6.45. The van der Waals surface area contributed by atoms with Gasteiger partial charge in [0.1, 0.15) is 6.10 Å². The maximum atomic E-state index is 12.7. The first kappa shape index (κ1) is 14.9. The van der Waals surface area contributed by atoms with Crippen LogP contribution < -0.4 is 0 Å². The van der Waals surface area contributed by atoms with Gasteiger partial charge in [0.25, 0.3) is 0 Å². The summed E-state index contributed by atoms with van der Waals surface area (Å²) < 4.78 is 5.87. The molecule has 0 aliphatic carbocycles. The number of fused-ring (bicyclic) bond motifs is 1. The highest BCUT2D eigenvalue weighted by molar-refractivity contribution is 7.10. The average molecular weight is 331 g/mol. The van der Waals surface area contributed by atoms with Gasteiger partial charge < -0.3 is 9.64 Å². The van der Waals surface area contributed by atoms with E-state index in [1.54, 1.807) is 17.5 Å². The zero-order valence-electron chi connectivity index (χ0n) is 13.0. The van der Waals surface area contributed by atoms with Crippen molar-refractivity contribution in [3.05, 3.63) is 39.8 Å². The number of nitrogens with one attached hydrogen (secondary N) is 1. The van der Waals surface area contributed by atoms with Crippen LogP contribution in [0, 0.1) is 0 Å². The normalized spacial score (nSPS) is 24.4. The van der Waals surface area contributed by atoms with Crippen LogP contribution >= 0.6 is 11.3 Å². The van der Waals surface area contributed by atoms with Crippen molar-refractivity contribution < 1.29 is 9.53 Å². The number of carbonyl (C=O) groups is 1. The van der Waals surface area contributed by atoms with Gasteiger partial charge in [-0.05, 0) is 42.3 Å². The number of H-pyrrole nitrogens is 1. The summed E-state index contributed by atoms with van der Waals surface area (Å²) in [4.78, 5) is 16.0. The quantitative estimate of drug-likeness (QED) is 0.941. The summed E-state index contributed by atoms with van der Waals surface area (Å²) in [5.41, 5.74) is 2.49. The minimum atomic E-state index is -0.0567. The highest BCUT2D eigenvalue weighted by Crippen LogP contribution is 2.35. The van der Waals surface area contributed by atoms with E-state index < -0.39 is 0 Å². The second-order valence-corrected chi connectivity index (χ2v) is 7.26. The lowest BCUT2D eigenvalue weighted by atomic mass is 9.94. The van der Waals surface area contributed by atoms with Crippen LogP contribution in [0.3, 0.4) is 0 Å². The van der Waals surface area contributed by atoms with E-state index in [1.807, 2.05) is 11.0 Å². The lowest BCUT2D eigenvalue weighted by Crippen LogP contribution is -2.40. The molecule has 4 rings (SSSR count). The zero-order chi connectivity index (χ0) is 15.6. The smallest absolute Gasteiger partial charge is 0.225 e. The van der Waals surface area contributed by atoms with Gasteiger partial charge in [-0.15, -0.1) is 11.3 Å². The van der Waals surface area contributed by atoms with Crippen LogP contribution in [0.2, 0.25) is 0 Å². The molecule has 4 heterocycles. The fourth-order valence-electron chi connectivity index (χ4n) is 3.61. The first-order valence-corrected chi connectivity index (χ1v) is 9.14. The molecule has 2 atom stereocenters. The molecule has 1 N–H and O–H groups in total. The molecule has 1 fully saturated rings. The zero-order valence-corrected chi connectivity index (χ0v) is 13.8. The molecule has 6 heteroatoms. The third-order valence-corrected chi connectivity index (χ3v) is 5.91. The van der Waals surface area contributed by atoms with E-state index >= 15 is 0 Å². The first-order chi connectivity index (χ1) is 11.3. The Labute approximate surface area is 139 Å². The lowest BCUT2D eigenvalue weighted by molar-refractivity contribution is -0.135. The fraction of sp³-hybridized carbons (Fsp3) is 0.529. The van der Waals surface area contributed by atoms with E-state index in [4.69, 9.17) is 4.74 Å². The summed E-state index contributed by atoms with van der Waals surface area (Å²) in [6.45, 7) is 2.36. The number of nitrogens with zero attached hydrogens (tertiary/aromatic N) is 2. The molecule has 0 aromatic carbocycles. The van der Waals surface area contributed by atoms with Crippen LogP contribution in [-0.2, 0) is 16.0 Å². The van der Waals surface area contributed by atoms with Crippen LogP contribution in [-0.4, -0.2) is 40.7 Å². The number of thiophene rings is 1. The summed E-state index contributed by atoms with van der Waals surface area (Å²) in [7, 11) is 0. The van der Waals surface area contributed by atoms with Crippen molar-refractivity contribution in [2.75, 3.05) is 19.7 Å². The summed E-state index contributed by atoms with van der Waals surface area (Å²) in [5.74, 6) is 0.584. The van der Waals surface area contributed by atoms with E-state index in [-0.39, 0.29) is 12.0 Å². The Balaban J connectivity index is 1.42. The molecule has 0 saturated carbocycles. The third-order valence-electron chi connectivity index (χ3n) is 4.86. The number of aromatic amines is 1. The van der Waals surface area contributed by atoms with Crippen molar-refractivity contribution in [3.8, 4) is 0 Å². The number of amides is 1. The monoisotopic (exact) mass is 331 g/mol. The number of piperidine rings is 1. The molecular weight excluding hydrogens is 310 g/mol. The third kappa shape index (κ3) is 3.05. The summed E-state index contributed by atoms with van der Waals surface area (Å²) in [5, 5.41) is 9.18. The summed E-state index contributed by atoms with van der Waals surface area (Å²) >= 11 is 1.71. The molecule has 2 aromatic heterocycles. The first-order valence-electron chi connectivity index (χ1n) is 8.26. The standard InChI is InChI=1S/C17H21N3O2S/c21-16(10-15-17-12(4-8-22-15)5-9-23-17)20-7-1-2-13(11-20)14-3-6-18-19-14/h3,5-6,9,13,15H,1-2,4,7-8,10-11H2,(H,18,19)/t13-,15+/m1/s1. The van der Waals surface area contributed by atoms with E-state index in [9.17, 15) is 4.79 Å². The molecule has 2 aliphatic rings. The number of carbonyl (C=O) groups excluding carboxylic acids is 1. The largest absolute Gasteiger partial charge is 0.372 e. The van der Waals surface area contributed by atoms with Gasteiger partial charge in [0, 0.05) is 35.8 Å². The molecule has 0 radical (unpaired) electrons. The second-order valence-electron chi connectivity index (χ2n) is 6.31. The average Bonchev–Trinajstić information content (AvgIpc) is 3.27.